The van der Waals surface area contributed by atoms with Gasteiger partial charge in [-0.05, 0) is 48.9 Å². The summed E-state index contributed by atoms with van der Waals surface area (Å²) in [5, 5.41) is 3.25. The lowest BCUT2D eigenvalue weighted by Crippen LogP contribution is -2.30. The Bertz CT molecular complexity index is 827. The van der Waals surface area contributed by atoms with Gasteiger partial charge < -0.3 is 15.8 Å². The number of carbonyl (C=O) groups is 3. The summed E-state index contributed by atoms with van der Waals surface area (Å²) in [4.78, 5) is 35.0. The lowest BCUT2D eigenvalue weighted by molar-refractivity contribution is -0.150. The second kappa shape index (κ2) is 9.99. The van der Waals surface area contributed by atoms with Gasteiger partial charge in [0.25, 0.3) is 5.91 Å². The second-order valence-corrected chi connectivity index (χ2v) is 7.11. The molecule has 0 spiro atoms. The average molecular weight is 407 g/mol. The van der Waals surface area contributed by atoms with Gasteiger partial charge in [0.1, 0.15) is 0 Å². The first-order valence-electron chi connectivity index (χ1n) is 8.07. The molecule has 2 amide bonds. The highest BCUT2D eigenvalue weighted by atomic mass is 35.5. The number of hydrogen-bond acceptors (Lipinski definition) is 5. The molecule has 2 aromatic rings. The van der Waals surface area contributed by atoms with Crippen LogP contribution in [0.5, 0.6) is 0 Å². The van der Waals surface area contributed by atoms with Gasteiger partial charge in [-0.1, -0.05) is 23.7 Å². The maximum atomic E-state index is 12.1. The molecule has 2 rings (SSSR count). The minimum absolute atomic E-state index is 0.122. The first-order chi connectivity index (χ1) is 12.8. The number of esters is 1. The van der Waals surface area contributed by atoms with Crippen LogP contribution in [0.2, 0.25) is 5.02 Å². The Balaban J connectivity index is 1.75. The van der Waals surface area contributed by atoms with Crippen LogP contribution < -0.4 is 11.1 Å². The smallest absolute Gasteiger partial charge is 0.316 e. The highest BCUT2D eigenvalue weighted by Crippen LogP contribution is 2.17. The molecular formula is C19H19ClN2O4S. The van der Waals surface area contributed by atoms with Crippen molar-refractivity contribution in [3.63, 3.8) is 0 Å². The minimum Gasteiger partial charge on any atom is -0.452 e. The van der Waals surface area contributed by atoms with Gasteiger partial charge in [-0.3, -0.25) is 14.4 Å². The number of amides is 2. The van der Waals surface area contributed by atoms with Crippen molar-refractivity contribution in [3.05, 3.63) is 64.7 Å². The molecule has 0 heterocycles. The Morgan fingerprint density at radius 2 is 1.89 bits per heavy atom. The van der Waals surface area contributed by atoms with Gasteiger partial charge in [0, 0.05) is 22.0 Å². The number of nitrogens with one attached hydrogen (secondary N) is 1. The molecule has 0 saturated carbocycles. The summed E-state index contributed by atoms with van der Waals surface area (Å²) in [5.41, 5.74) is 6.98. The number of thioether (sulfide) groups is 1. The third-order valence-corrected chi connectivity index (χ3v) is 4.70. The van der Waals surface area contributed by atoms with Crippen LogP contribution in [-0.4, -0.2) is 29.6 Å². The standard InChI is InChI=1S/C19H19ClN2O4S/c1-12(19(25)22-16-7-5-14(6-8-16)18(21)24)26-17(23)11-27-10-13-3-2-4-15(20)9-13/h2-9,12H,10-11H2,1H3,(H2,21,24)(H,22,25). The number of hydrogen-bond donors (Lipinski definition) is 2. The topological polar surface area (TPSA) is 98.5 Å². The van der Waals surface area contributed by atoms with Crippen molar-refractivity contribution in [2.75, 3.05) is 11.1 Å². The molecule has 27 heavy (non-hydrogen) atoms. The number of ether oxygens (including phenoxy) is 1. The monoisotopic (exact) mass is 406 g/mol. The predicted octanol–water partition coefficient (Wildman–Crippen LogP) is 3.24. The Kier molecular flexibility index (Phi) is 7.69. The van der Waals surface area contributed by atoms with Crippen LogP contribution in [0.25, 0.3) is 0 Å². The zero-order chi connectivity index (χ0) is 19.8. The van der Waals surface area contributed by atoms with Crippen molar-refractivity contribution in [2.45, 2.75) is 18.8 Å². The van der Waals surface area contributed by atoms with Gasteiger partial charge >= 0.3 is 5.97 Å². The third kappa shape index (κ3) is 6.96. The Labute approximate surface area is 166 Å². The molecular weight excluding hydrogens is 388 g/mol. The Morgan fingerprint density at radius 1 is 1.19 bits per heavy atom. The summed E-state index contributed by atoms with van der Waals surface area (Å²) in [6.07, 6.45) is -0.944. The largest absolute Gasteiger partial charge is 0.452 e. The summed E-state index contributed by atoms with van der Waals surface area (Å²) >= 11 is 7.29. The maximum Gasteiger partial charge on any atom is 0.316 e. The molecule has 0 bridgehead atoms. The van der Waals surface area contributed by atoms with Crippen molar-refractivity contribution >= 4 is 46.8 Å². The van der Waals surface area contributed by atoms with Crippen LogP contribution in [0.4, 0.5) is 5.69 Å². The van der Waals surface area contributed by atoms with Crippen molar-refractivity contribution in [1.82, 2.24) is 0 Å². The number of rotatable bonds is 8. The van der Waals surface area contributed by atoms with Crippen molar-refractivity contribution in [1.29, 1.82) is 0 Å². The van der Waals surface area contributed by atoms with E-state index in [1.165, 1.54) is 30.8 Å². The maximum absolute atomic E-state index is 12.1. The third-order valence-electron chi connectivity index (χ3n) is 3.49. The fourth-order valence-electron chi connectivity index (χ4n) is 2.13. The summed E-state index contributed by atoms with van der Waals surface area (Å²) in [6, 6.07) is 13.5. The van der Waals surface area contributed by atoms with E-state index in [1.807, 2.05) is 18.2 Å². The van der Waals surface area contributed by atoms with Gasteiger partial charge in [0.05, 0.1) is 5.75 Å². The molecule has 3 N–H and O–H groups in total. The van der Waals surface area contributed by atoms with Crippen LogP contribution in [-0.2, 0) is 20.1 Å². The number of halogens is 1. The van der Waals surface area contributed by atoms with Crippen molar-refractivity contribution < 1.29 is 19.1 Å². The molecule has 8 heteroatoms. The number of primary amides is 1. The first kappa shape index (κ1) is 20.8. The van der Waals surface area contributed by atoms with Gasteiger partial charge in [-0.15, -0.1) is 11.8 Å². The molecule has 0 aliphatic carbocycles. The first-order valence-corrected chi connectivity index (χ1v) is 9.61. The van der Waals surface area contributed by atoms with Crippen LogP contribution in [0.15, 0.2) is 48.5 Å². The summed E-state index contributed by atoms with van der Waals surface area (Å²) in [5.74, 6) is -0.755. The lowest BCUT2D eigenvalue weighted by atomic mass is 10.2. The fraction of sp³-hybridized carbons (Fsp3) is 0.211. The van der Waals surface area contributed by atoms with E-state index in [0.717, 1.165) is 5.56 Å². The summed E-state index contributed by atoms with van der Waals surface area (Å²) < 4.78 is 5.14. The van der Waals surface area contributed by atoms with E-state index < -0.39 is 23.9 Å². The van der Waals surface area contributed by atoms with E-state index in [9.17, 15) is 14.4 Å². The molecule has 1 atom stereocenters. The molecule has 0 aliphatic rings. The van der Waals surface area contributed by atoms with E-state index in [4.69, 9.17) is 22.1 Å². The molecule has 0 aliphatic heterocycles. The lowest BCUT2D eigenvalue weighted by Gasteiger charge is -2.13. The number of nitrogens with two attached hydrogens (primary N) is 1. The van der Waals surface area contributed by atoms with E-state index in [1.54, 1.807) is 18.2 Å². The minimum atomic E-state index is -0.944. The highest BCUT2D eigenvalue weighted by molar-refractivity contribution is 7.99. The van der Waals surface area contributed by atoms with Crippen LogP contribution in [0.3, 0.4) is 0 Å². The van der Waals surface area contributed by atoms with E-state index in [0.29, 0.717) is 22.0 Å². The SMILES string of the molecule is CC(OC(=O)CSCc1cccc(Cl)c1)C(=O)Nc1ccc(C(N)=O)cc1. The molecule has 0 aromatic heterocycles. The van der Waals surface area contributed by atoms with Crippen LogP contribution in [0, 0.1) is 0 Å². The molecule has 0 fully saturated rings. The molecule has 142 valence electrons. The summed E-state index contributed by atoms with van der Waals surface area (Å²) in [7, 11) is 0. The quantitative estimate of drug-likeness (QED) is 0.655. The van der Waals surface area contributed by atoms with E-state index in [2.05, 4.69) is 5.32 Å². The number of benzene rings is 2. The summed E-state index contributed by atoms with van der Waals surface area (Å²) in [6.45, 7) is 1.49. The average Bonchev–Trinajstić information content (AvgIpc) is 2.62. The molecule has 0 radical (unpaired) electrons. The van der Waals surface area contributed by atoms with E-state index in [-0.39, 0.29) is 5.75 Å². The molecule has 0 saturated heterocycles. The van der Waals surface area contributed by atoms with Crippen molar-refractivity contribution in [3.8, 4) is 0 Å². The van der Waals surface area contributed by atoms with Crippen molar-refractivity contribution in [2.24, 2.45) is 5.73 Å². The predicted molar refractivity (Wildman–Crippen MR) is 107 cm³/mol. The van der Waals surface area contributed by atoms with Gasteiger partial charge in [-0.25, -0.2) is 0 Å². The Morgan fingerprint density at radius 3 is 2.52 bits per heavy atom. The van der Waals surface area contributed by atoms with Crippen LogP contribution in [0.1, 0.15) is 22.8 Å². The van der Waals surface area contributed by atoms with Gasteiger partial charge in [0.2, 0.25) is 5.91 Å². The molecule has 1 unspecified atom stereocenters. The zero-order valence-corrected chi connectivity index (χ0v) is 16.2. The van der Waals surface area contributed by atoms with Gasteiger partial charge in [0.15, 0.2) is 6.10 Å². The molecule has 6 nitrogen and oxygen atoms in total. The fourth-order valence-corrected chi connectivity index (χ4v) is 3.09. The molecule has 2 aromatic carbocycles. The second-order valence-electron chi connectivity index (χ2n) is 5.69. The van der Waals surface area contributed by atoms with E-state index >= 15 is 0 Å². The van der Waals surface area contributed by atoms with Gasteiger partial charge in [-0.2, -0.15) is 0 Å². The number of anilines is 1. The normalized spacial score (nSPS) is 11.5. The Hall–Kier alpha value is -2.51. The zero-order valence-electron chi connectivity index (χ0n) is 14.6. The van der Waals surface area contributed by atoms with Crippen LogP contribution >= 0.6 is 23.4 Å². The number of carbonyl (C=O) groups excluding carboxylic acids is 3. The highest BCUT2D eigenvalue weighted by Gasteiger charge is 2.18.